The molecule has 4 heterocycles. The lowest BCUT2D eigenvalue weighted by molar-refractivity contribution is 0.171. The van der Waals surface area contributed by atoms with Gasteiger partial charge in [0.1, 0.15) is 6.33 Å². The first-order valence-corrected chi connectivity index (χ1v) is 9.05. The minimum Gasteiger partial charge on any atom is -0.452 e. The fourth-order valence-corrected chi connectivity index (χ4v) is 3.17. The largest absolute Gasteiger partial charge is 0.452 e. The summed E-state index contributed by atoms with van der Waals surface area (Å²) in [6.45, 7) is 2.82. The van der Waals surface area contributed by atoms with E-state index in [4.69, 9.17) is 9.47 Å². The minimum atomic E-state index is 0.255. The number of rotatable bonds is 8. The highest BCUT2D eigenvalue weighted by molar-refractivity contribution is 7.09. The van der Waals surface area contributed by atoms with Gasteiger partial charge in [0.15, 0.2) is 5.75 Å². The summed E-state index contributed by atoms with van der Waals surface area (Å²) in [6, 6.07) is 1.99. The highest BCUT2D eigenvalue weighted by atomic mass is 32.1. The summed E-state index contributed by atoms with van der Waals surface area (Å²) in [6.07, 6.45) is 7.96. The molecule has 0 spiro atoms. The van der Waals surface area contributed by atoms with E-state index < -0.39 is 0 Å². The van der Waals surface area contributed by atoms with E-state index in [2.05, 4.69) is 29.5 Å². The molecule has 1 N–H and O–H groups in total. The highest BCUT2D eigenvalue weighted by Crippen LogP contribution is 2.29. The number of fused-ring (bicyclic) bond motifs is 1. The molecule has 0 saturated heterocycles. The van der Waals surface area contributed by atoms with E-state index in [9.17, 15) is 0 Å². The molecule has 26 heavy (non-hydrogen) atoms. The number of ether oxygens (including phenoxy) is 2. The second-order valence-corrected chi connectivity index (χ2v) is 6.55. The lowest BCUT2D eigenvalue weighted by Crippen LogP contribution is -2.30. The molecule has 1 aliphatic rings. The maximum absolute atomic E-state index is 5.35. The lowest BCUT2D eigenvalue weighted by atomic mass is 10.2. The molecule has 9 nitrogen and oxygen atoms in total. The van der Waals surface area contributed by atoms with Crippen LogP contribution in [0.4, 0.5) is 5.13 Å². The van der Waals surface area contributed by atoms with Crippen molar-refractivity contribution in [1.82, 2.24) is 29.2 Å². The number of aromatic nitrogens is 5. The second-order valence-electron chi connectivity index (χ2n) is 5.82. The second kappa shape index (κ2) is 7.67. The fourth-order valence-electron chi connectivity index (χ4n) is 2.52. The summed E-state index contributed by atoms with van der Waals surface area (Å²) in [5.41, 5.74) is 1.13. The van der Waals surface area contributed by atoms with E-state index in [0.29, 0.717) is 11.8 Å². The Kier molecular flexibility index (Phi) is 4.93. The van der Waals surface area contributed by atoms with Gasteiger partial charge >= 0.3 is 0 Å². The summed E-state index contributed by atoms with van der Waals surface area (Å²) < 4.78 is 16.7. The van der Waals surface area contributed by atoms with Crippen LogP contribution in [0.2, 0.25) is 0 Å². The molecule has 136 valence electrons. The number of nitrogens with zero attached hydrogens (tertiary/aromatic N) is 6. The molecular weight excluding hydrogens is 354 g/mol. The van der Waals surface area contributed by atoms with E-state index in [-0.39, 0.29) is 6.79 Å². The molecule has 3 aromatic heterocycles. The first kappa shape index (κ1) is 16.7. The van der Waals surface area contributed by atoms with Crippen LogP contribution >= 0.6 is 11.5 Å². The van der Waals surface area contributed by atoms with Gasteiger partial charge in [0.2, 0.25) is 17.9 Å². The Hall–Kier alpha value is -2.72. The van der Waals surface area contributed by atoms with Crippen LogP contribution < -0.4 is 19.7 Å². The van der Waals surface area contributed by atoms with E-state index in [1.165, 1.54) is 11.5 Å². The van der Waals surface area contributed by atoms with Gasteiger partial charge < -0.3 is 19.7 Å². The van der Waals surface area contributed by atoms with Crippen molar-refractivity contribution < 1.29 is 9.47 Å². The molecule has 4 rings (SSSR count). The molecule has 0 fully saturated rings. The lowest BCUT2D eigenvalue weighted by Gasteiger charge is -2.15. The highest BCUT2D eigenvalue weighted by Gasteiger charge is 2.14. The number of hydrogen-bond donors (Lipinski definition) is 1. The van der Waals surface area contributed by atoms with Crippen LogP contribution in [0.3, 0.4) is 0 Å². The molecule has 1 aliphatic heterocycles. The number of likely N-dealkylation sites (N-methyl/N-ethyl adjacent to an activating group) is 1. The molecule has 0 amide bonds. The van der Waals surface area contributed by atoms with Crippen LogP contribution in [0.5, 0.6) is 11.6 Å². The van der Waals surface area contributed by atoms with E-state index in [0.717, 1.165) is 42.5 Å². The van der Waals surface area contributed by atoms with Crippen molar-refractivity contribution in [2.45, 2.75) is 6.42 Å². The Morgan fingerprint density at radius 1 is 1.35 bits per heavy atom. The Bertz CT molecular complexity index is 852. The standard InChI is InChI=1S/C16H19N7O2S/c1-22(16-20-15(21-26-16)23-7-5-18-10-23)6-4-17-3-2-12-8-13-14(19-9-12)25-11-24-13/h5,7-10,17H,2-4,6,11H2,1H3. The number of nitrogens with one attached hydrogen (secondary N) is 1. The van der Waals surface area contributed by atoms with Crippen LogP contribution in [0, 0.1) is 0 Å². The quantitative estimate of drug-likeness (QED) is 0.588. The summed E-state index contributed by atoms with van der Waals surface area (Å²) in [5.74, 6) is 1.96. The van der Waals surface area contributed by atoms with Gasteiger partial charge in [-0.3, -0.25) is 4.57 Å². The number of anilines is 1. The number of pyridine rings is 1. The third-order valence-electron chi connectivity index (χ3n) is 3.97. The minimum absolute atomic E-state index is 0.255. The van der Waals surface area contributed by atoms with E-state index in [1.807, 2.05) is 25.5 Å². The molecule has 0 aromatic carbocycles. The first-order chi connectivity index (χ1) is 12.8. The van der Waals surface area contributed by atoms with Crippen molar-refractivity contribution in [3.8, 4) is 17.6 Å². The molecular formula is C16H19N7O2S. The van der Waals surface area contributed by atoms with Gasteiger partial charge in [0.05, 0.1) is 0 Å². The molecule has 3 aromatic rings. The summed E-state index contributed by atoms with van der Waals surface area (Å²) >= 11 is 1.38. The molecule has 10 heteroatoms. The average Bonchev–Trinajstić information content (AvgIpc) is 3.41. The Balaban J connectivity index is 1.20. The third-order valence-corrected chi connectivity index (χ3v) is 4.79. The monoisotopic (exact) mass is 373 g/mol. The van der Waals surface area contributed by atoms with Crippen LogP contribution in [-0.4, -0.2) is 57.4 Å². The van der Waals surface area contributed by atoms with Crippen LogP contribution in [0.1, 0.15) is 5.56 Å². The molecule has 0 unspecified atom stereocenters. The van der Waals surface area contributed by atoms with Gasteiger partial charge in [0, 0.05) is 50.3 Å². The van der Waals surface area contributed by atoms with Gasteiger partial charge in [-0.05, 0) is 24.6 Å². The first-order valence-electron chi connectivity index (χ1n) is 8.28. The van der Waals surface area contributed by atoms with Crippen LogP contribution in [0.15, 0.2) is 31.0 Å². The van der Waals surface area contributed by atoms with Crippen molar-refractivity contribution >= 4 is 16.7 Å². The van der Waals surface area contributed by atoms with Crippen molar-refractivity contribution in [3.63, 3.8) is 0 Å². The predicted molar refractivity (Wildman–Crippen MR) is 97.2 cm³/mol. The maximum Gasteiger partial charge on any atom is 0.260 e. The van der Waals surface area contributed by atoms with Gasteiger partial charge in [-0.25, -0.2) is 9.97 Å². The third kappa shape index (κ3) is 3.75. The predicted octanol–water partition coefficient (Wildman–Crippen LogP) is 1.12. The zero-order chi connectivity index (χ0) is 17.8. The maximum atomic E-state index is 5.35. The topological polar surface area (TPSA) is 90.2 Å². The SMILES string of the molecule is CN(CCNCCc1cnc2c(c1)OCO2)c1nc(-n2ccnc2)ns1. The molecule has 0 saturated carbocycles. The van der Waals surface area contributed by atoms with Crippen molar-refractivity contribution in [1.29, 1.82) is 0 Å². The van der Waals surface area contributed by atoms with E-state index in [1.54, 1.807) is 17.1 Å². The van der Waals surface area contributed by atoms with E-state index >= 15 is 0 Å². The van der Waals surface area contributed by atoms with Crippen LogP contribution in [0.25, 0.3) is 5.95 Å². The smallest absolute Gasteiger partial charge is 0.260 e. The number of hydrogen-bond acceptors (Lipinski definition) is 9. The molecule has 0 atom stereocenters. The van der Waals surface area contributed by atoms with Gasteiger partial charge in [-0.2, -0.15) is 9.36 Å². The van der Waals surface area contributed by atoms with Crippen molar-refractivity contribution in [2.75, 3.05) is 38.4 Å². The fraction of sp³-hybridized carbons (Fsp3) is 0.375. The normalized spacial score (nSPS) is 12.5. The summed E-state index contributed by atoms with van der Waals surface area (Å²) in [5, 5.41) is 4.32. The van der Waals surface area contributed by atoms with Crippen molar-refractivity contribution in [2.24, 2.45) is 0 Å². The van der Waals surface area contributed by atoms with Gasteiger partial charge in [-0.1, -0.05) is 0 Å². The summed E-state index contributed by atoms with van der Waals surface area (Å²) in [7, 11) is 2.02. The Labute approximate surface area is 154 Å². The van der Waals surface area contributed by atoms with Crippen LogP contribution in [-0.2, 0) is 6.42 Å². The Morgan fingerprint density at radius 2 is 2.31 bits per heavy atom. The zero-order valence-corrected chi connectivity index (χ0v) is 15.1. The Morgan fingerprint density at radius 3 is 3.19 bits per heavy atom. The van der Waals surface area contributed by atoms with Gasteiger partial charge in [0.25, 0.3) is 5.88 Å². The molecule has 0 aliphatic carbocycles. The average molecular weight is 373 g/mol. The molecule has 0 bridgehead atoms. The number of imidazole rings is 1. The zero-order valence-electron chi connectivity index (χ0n) is 14.3. The van der Waals surface area contributed by atoms with Crippen molar-refractivity contribution in [3.05, 3.63) is 36.5 Å². The molecule has 0 radical (unpaired) electrons. The van der Waals surface area contributed by atoms with Gasteiger partial charge in [-0.15, -0.1) is 0 Å². The summed E-state index contributed by atoms with van der Waals surface area (Å²) in [4.78, 5) is 14.9.